The Bertz CT molecular complexity index is 2850. The van der Waals surface area contributed by atoms with E-state index in [0.717, 1.165) is 61.1 Å². The highest BCUT2D eigenvalue weighted by atomic mass is 32.1. The molecule has 0 amide bonds. The van der Waals surface area contributed by atoms with Crippen LogP contribution in [0.1, 0.15) is 0 Å². The van der Waals surface area contributed by atoms with Crippen LogP contribution in [0.4, 0.5) is 0 Å². The van der Waals surface area contributed by atoms with Crippen molar-refractivity contribution in [3.8, 4) is 56.2 Å². The summed E-state index contributed by atoms with van der Waals surface area (Å²) in [5, 5.41) is 4.74. The first kappa shape index (κ1) is 28.6. The number of nitrogens with zero attached hydrogens (tertiary/aromatic N) is 2. The van der Waals surface area contributed by atoms with E-state index in [0.29, 0.717) is 5.82 Å². The van der Waals surface area contributed by atoms with Crippen LogP contribution in [-0.2, 0) is 0 Å². The zero-order valence-corrected chi connectivity index (χ0v) is 27.7. The lowest BCUT2D eigenvalue weighted by Gasteiger charge is -2.12. The maximum Gasteiger partial charge on any atom is 0.160 e. The van der Waals surface area contributed by atoms with E-state index in [4.69, 9.17) is 14.4 Å². The first-order chi connectivity index (χ1) is 24.8. The quantitative estimate of drug-likeness (QED) is 0.185. The molecule has 0 radical (unpaired) electrons. The molecule has 0 atom stereocenters. The molecule has 0 fully saturated rings. The second-order valence-electron chi connectivity index (χ2n) is 12.5. The first-order valence-corrected chi connectivity index (χ1v) is 17.6. The van der Waals surface area contributed by atoms with Crippen LogP contribution in [-0.4, -0.2) is 9.97 Å². The number of aromatic nitrogens is 2. The van der Waals surface area contributed by atoms with Crippen LogP contribution in [0.2, 0.25) is 0 Å². The minimum Gasteiger partial charge on any atom is -0.455 e. The number of fused-ring (bicyclic) bond motifs is 6. The summed E-state index contributed by atoms with van der Waals surface area (Å²) in [6.45, 7) is 0. The van der Waals surface area contributed by atoms with E-state index in [9.17, 15) is 0 Å². The lowest BCUT2D eigenvalue weighted by atomic mass is 9.93. The fourth-order valence-corrected chi connectivity index (χ4v) is 8.30. The molecule has 234 valence electrons. The van der Waals surface area contributed by atoms with Crippen molar-refractivity contribution in [2.24, 2.45) is 0 Å². The Morgan fingerprint density at radius 1 is 0.400 bits per heavy atom. The Labute approximate surface area is 292 Å². The lowest BCUT2D eigenvalue weighted by Crippen LogP contribution is -1.96. The van der Waals surface area contributed by atoms with Crippen molar-refractivity contribution >= 4 is 53.4 Å². The third kappa shape index (κ3) is 4.73. The van der Waals surface area contributed by atoms with Gasteiger partial charge < -0.3 is 4.42 Å². The van der Waals surface area contributed by atoms with Gasteiger partial charge in [-0.15, -0.1) is 11.3 Å². The van der Waals surface area contributed by atoms with E-state index >= 15 is 0 Å². The van der Waals surface area contributed by atoms with Gasteiger partial charge in [0, 0.05) is 47.6 Å². The summed E-state index contributed by atoms with van der Waals surface area (Å²) in [5.74, 6) is 0.670. The molecule has 0 saturated carbocycles. The largest absolute Gasteiger partial charge is 0.455 e. The lowest BCUT2D eigenvalue weighted by molar-refractivity contribution is 0.670. The van der Waals surface area contributed by atoms with Crippen LogP contribution in [0.25, 0.3) is 98.3 Å². The van der Waals surface area contributed by atoms with Gasteiger partial charge in [-0.05, 0) is 52.6 Å². The van der Waals surface area contributed by atoms with Gasteiger partial charge in [-0.3, -0.25) is 0 Å². The number of furan rings is 1. The van der Waals surface area contributed by atoms with Crippen LogP contribution < -0.4 is 0 Å². The minimum absolute atomic E-state index is 0.670. The zero-order valence-electron chi connectivity index (χ0n) is 26.9. The van der Waals surface area contributed by atoms with Crippen LogP contribution in [0, 0.1) is 0 Å². The minimum atomic E-state index is 0.670. The molecule has 0 spiro atoms. The second-order valence-corrected chi connectivity index (χ2v) is 13.6. The number of rotatable bonds is 5. The van der Waals surface area contributed by atoms with E-state index in [1.54, 1.807) is 0 Å². The van der Waals surface area contributed by atoms with Crippen molar-refractivity contribution in [3.63, 3.8) is 0 Å². The summed E-state index contributed by atoms with van der Waals surface area (Å²) in [6.07, 6.45) is 0. The summed E-state index contributed by atoms with van der Waals surface area (Å²) in [5.41, 5.74) is 11.0. The molecule has 10 rings (SSSR count). The fraction of sp³-hybridized carbons (Fsp3) is 0. The van der Waals surface area contributed by atoms with Crippen LogP contribution >= 0.6 is 11.3 Å². The van der Waals surface area contributed by atoms with E-state index in [2.05, 4.69) is 140 Å². The molecule has 0 saturated heterocycles. The molecule has 3 nitrogen and oxygen atoms in total. The van der Waals surface area contributed by atoms with Crippen molar-refractivity contribution in [1.29, 1.82) is 0 Å². The van der Waals surface area contributed by atoms with Crippen LogP contribution in [0.5, 0.6) is 0 Å². The zero-order chi connectivity index (χ0) is 33.0. The highest BCUT2D eigenvalue weighted by molar-refractivity contribution is 7.25. The molecule has 4 heteroatoms. The third-order valence-corrected chi connectivity index (χ3v) is 10.7. The van der Waals surface area contributed by atoms with Gasteiger partial charge in [0.2, 0.25) is 0 Å². The molecule has 10 aromatic rings. The second kappa shape index (κ2) is 11.7. The molecule has 50 heavy (non-hydrogen) atoms. The van der Waals surface area contributed by atoms with Gasteiger partial charge in [0.05, 0.1) is 11.4 Å². The Hall–Kier alpha value is -6.36. The van der Waals surface area contributed by atoms with Gasteiger partial charge >= 0.3 is 0 Å². The van der Waals surface area contributed by atoms with Crippen molar-refractivity contribution in [1.82, 2.24) is 9.97 Å². The van der Waals surface area contributed by atoms with Crippen molar-refractivity contribution in [3.05, 3.63) is 170 Å². The number of para-hydroxylation sites is 1. The van der Waals surface area contributed by atoms with Gasteiger partial charge in [-0.2, -0.15) is 0 Å². The van der Waals surface area contributed by atoms with Crippen molar-refractivity contribution in [2.75, 3.05) is 0 Å². The predicted molar refractivity (Wildman–Crippen MR) is 209 cm³/mol. The Kier molecular flexibility index (Phi) is 6.68. The Balaban J connectivity index is 1.21. The van der Waals surface area contributed by atoms with E-state index in [1.807, 2.05) is 41.7 Å². The maximum absolute atomic E-state index is 6.78. The normalized spacial score (nSPS) is 11.6. The molecule has 7 aromatic carbocycles. The molecule has 0 aliphatic carbocycles. The van der Waals surface area contributed by atoms with Gasteiger partial charge in [-0.25, -0.2) is 9.97 Å². The molecule has 0 N–H and O–H groups in total. The maximum atomic E-state index is 6.78. The van der Waals surface area contributed by atoms with Crippen molar-refractivity contribution in [2.45, 2.75) is 0 Å². The summed E-state index contributed by atoms with van der Waals surface area (Å²) < 4.78 is 9.35. The number of benzene rings is 7. The van der Waals surface area contributed by atoms with Crippen molar-refractivity contribution < 1.29 is 4.42 Å². The van der Waals surface area contributed by atoms with Gasteiger partial charge in [0.1, 0.15) is 11.2 Å². The topological polar surface area (TPSA) is 38.9 Å². The van der Waals surface area contributed by atoms with E-state index in [1.165, 1.54) is 31.3 Å². The Morgan fingerprint density at radius 3 is 1.82 bits per heavy atom. The highest BCUT2D eigenvalue weighted by Gasteiger charge is 2.21. The van der Waals surface area contributed by atoms with Gasteiger partial charge in [-0.1, -0.05) is 140 Å². The molecule has 0 aliphatic rings. The molecular weight excluding hydrogens is 629 g/mol. The molecule has 3 aromatic heterocycles. The molecule has 0 unspecified atom stereocenters. The van der Waals surface area contributed by atoms with E-state index < -0.39 is 0 Å². The summed E-state index contributed by atoms with van der Waals surface area (Å²) in [6, 6.07) is 59.4. The van der Waals surface area contributed by atoms with E-state index in [-0.39, 0.29) is 0 Å². The summed E-state index contributed by atoms with van der Waals surface area (Å²) in [7, 11) is 0. The average Bonchev–Trinajstić information content (AvgIpc) is 3.77. The standard InChI is InChI=1S/C46H28N2OS/c1-3-12-29(13-4-1)30-22-24-32(25-23-30)46-47-38(31-14-5-2-6-15-31)28-39(48-46)35-27-26-34(44-36-16-7-9-19-40(36)49-45(35)44)33-18-11-21-42-43(33)37-17-8-10-20-41(37)50-42/h1-28H. The molecule has 3 heterocycles. The average molecular weight is 657 g/mol. The fourth-order valence-electron chi connectivity index (χ4n) is 7.17. The monoisotopic (exact) mass is 656 g/mol. The molecule has 0 bridgehead atoms. The van der Waals surface area contributed by atoms with Gasteiger partial charge in [0.25, 0.3) is 0 Å². The van der Waals surface area contributed by atoms with Crippen LogP contribution in [0.3, 0.4) is 0 Å². The third-order valence-electron chi connectivity index (χ3n) is 9.54. The SMILES string of the molecule is c1ccc(-c2ccc(-c3nc(-c4ccccc4)cc(-c4ccc(-c5cccc6sc7ccccc7c56)c5c4oc4ccccc45)n3)cc2)cc1. The van der Waals surface area contributed by atoms with Crippen LogP contribution in [0.15, 0.2) is 174 Å². The first-order valence-electron chi connectivity index (χ1n) is 16.7. The molecular formula is C46H28N2OS. The van der Waals surface area contributed by atoms with Gasteiger partial charge in [0.15, 0.2) is 5.82 Å². The summed E-state index contributed by atoms with van der Waals surface area (Å²) >= 11 is 1.84. The predicted octanol–water partition coefficient (Wildman–Crippen LogP) is 13.1. The Morgan fingerprint density at radius 2 is 1.00 bits per heavy atom. The number of hydrogen-bond acceptors (Lipinski definition) is 4. The summed E-state index contributed by atoms with van der Waals surface area (Å²) in [4.78, 5) is 10.3. The highest BCUT2D eigenvalue weighted by Crippen LogP contribution is 2.46. The number of hydrogen-bond donors (Lipinski definition) is 0. The smallest absolute Gasteiger partial charge is 0.160 e. The molecule has 0 aliphatic heterocycles. The number of thiophene rings is 1.